The molecular weight excluding hydrogens is 472 g/mol. The molecule has 0 saturated heterocycles. The van der Waals surface area contributed by atoms with Crippen LogP contribution in [-0.4, -0.2) is 30.1 Å². The number of rotatable bonds is 5. The number of halogens is 2. The van der Waals surface area contributed by atoms with Crippen molar-refractivity contribution in [1.29, 1.82) is 0 Å². The number of carboxylic acid groups (broad SMARTS) is 1. The number of methoxy groups -OCH3 is 1. The first-order valence-electron chi connectivity index (χ1n) is 5.23. The zero-order chi connectivity index (χ0) is 15.6. The molecule has 0 aliphatic rings. The molecule has 0 aliphatic carbocycles. The Morgan fingerprint density at radius 3 is 2.35 bits per heavy atom. The van der Waals surface area contributed by atoms with Crippen LogP contribution in [0.2, 0.25) is 0 Å². The molecule has 0 fully saturated rings. The zero-order valence-corrected chi connectivity index (χ0v) is 13.2. The number of hydrogen-bond acceptors (Lipinski definition) is 4. The van der Waals surface area contributed by atoms with Gasteiger partial charge in [-0.05, 0) is 0 Å². The predicted molar refractivity (Wildman–Crippen MR) is 60.4 cm³/mol. The summed E-state index contributed by atoms with van der Waals surface area (Å²) in [5.41, 5.74) is 9.67. The molecule has 1 aromatic rings. The van der Waals surface area contributed by atoms with Crippen molar-refractivity contribution in [1.82, 2.24) is 0 Å². The molecule has 0 aromatic heterocycles. The van der Waals surface area contributed by atoms with Crippen LogP contribution in [0.5, 0.6) is 5.75 Å². The summed E-state index contributed by atoms with van der Waals surface area (Å²) in [6.45, 7) is 0. The van der Waals surface area contributed by atoms with E-state index in [1.807, 2.05) is 0 Å². The van der Waals surface area contributed by atoms with Crippen LogP contribution in [0.3, 0.4) is 0 Å². The van der Waals surface area contributed by atoms with Gasteiger partial charge in [0.1, 0.15) is 0 Å². The predicted octanol–water partition coefficient (Wildman–Crippen LogP) is -0.799. The van der Waals surface area contributed by atoms with Crippen molar-refractivity contribution in [3.63, 3.8) is 0 Å². The van der Waals surface area contributed by atoms with Crippen LogP contribution < -0.4 is 19.5 Å². The second kappa shape index (κ2) is 6.41. The van der Waals surface area contributed by atoms with Gasteiger partial charge in [0.2, 0.25) is 0 Å². The molecule has 110 valence electrons. The second-order valence-corrected chi connectivity index (χ2v) is 5.31. The van der Waals surface area contributed by atoms with E-state index in [0.29, 0.717) is 0 Å². The topological polar surface area (TPSA) is 116 Å². The molecule has 9 heteroatoms. The van der Waals surface area contributed by atoms with Gasteiger partial charge in [-0.2, -0.15) is 0 Å². The van der Waals surface area contributed by atoms with Crippen LogP contribution in [0, 0.1) is 36.4 Å². The van der Waals surface area contributed by atoms with Crippen molar-refractivity contribution in [2.75, 3.05) is 7.11 Å². The summed E-state index contributed by atoms with van der Waals surface area (Å²) in [7, 11) is 1.05. The fourth-order valence-electron chi connectivity index (χ4n) is 1.62. The van der Waals surface area contributed by atoms with Gasteiger partial charge in [-0.1, -0.05) is 0 Å². The summed E-state index contributed by atoms with van der Waals surface area (Å²) in [6.07, 6.45) is -0.508. The van der Waals surface area contributed by atoms with Crippen molar-refractivity contribution < 1.29 is 52.9 Å². The van der Waals surface area contributed by atoms with Crippen molar-refractivity contribution in [2.45, 2.75) is 12.5 Å². The number of primary amides is 1. The Kier molecular flexibility index (Phi) is 5.36. The number of carbonyl (C=O) groups is 2. The molecule has 0 saturated carbocycles. The van der Waals surface area contributed by atoms with Gasteiger partial charge in [0.05, 0.1) is 0 Å². The Morgan fingerprint density at radius 1 is 1.40 bits per heavy atom. The van der Waals surface area contributed by atoms with Crippen molar-refractivity contribution in [2.24, 2.45) is 11.5 Å². The van der Waals surface area contributed by atoms with Gasteiger partial charge in [-0.3, -0.25) is 0 Å². The van der Waals surface area contributed by atoms with E-state index in [9.17, 15) is 18.4 Å². The van der Waals surface area contributed by atoms with Crippen LogP contribution in [0.4, 0.5) is 8.78 Å². The fraction of sp³-hybridized carbons (Fsp3) is 0.273. The van der Waals surface area contributed by atoms with Crippen molar-refractivity contribution in [3.05, 3.63) is 22.8 Å². The van der Waals surface area contributed by atoms with Crippen LogP contribution >= 0.6 is 0 Å². The number of aliphatic carboxylic acids is 1. The number of amides is 1. The molecule has 1 rings (SSSR count). The molecule has 20 heavy (non-hydrogen) atoms. The molecule has 5 N–H and O–H groups in total. The van der Waals surface area contributed by atoms with E-state index in [1.54, 1.807) is 0 Å². The van der Waals surface area contributed by atoms with Gasteiger partial charge in [0.15, 0.2) is 0 Å². The van der Waals surface area contributed by atoms with Gasteiger partial charge in [-0.15, -0.1) is 0 Å². The summed E-state index contributed by atoms with van der Waals surface area (Å²) in [4.78, 5) is 22.1. The Morgan fingerprint density at radius 2 is 1.95 bits per heavy atom. The van der Waals surface area contributed by atoms with E-state index >= 15 is 0 Å². The van der Waals surface area contributed by atoms with Gasteiger partial charge in [0, 0.05) is 0 Å². The van der Waals surface area contributed by atoms with Crippen LogP contribution in [0.15, 0.2) is 0 Å². The molecule has 0 spiro atoms. The first kappa shape index (κ1) is 16.7. The maximum atomic E-state index is 14.1. The summed E-state index contributed by atoms with van der Waals surface area (Å²) in [5.74, 6) is -5.35. The average molecular weight is 483 g/mol. The minimum atomic E-state index is -1.45. The standard InChI is InChI=1S/C11H11AtF2N2O4/c1-20-9-7(13)3(2-4(15)11(18)19)5(10(16)17)6(12)8(9)14/h4H,2,15H2,1H3,(H2,16,17)(H,18,19). The van der Waals surface area contributed by atoms with E-state index in [-0.39, 0.29) is 8.83 Å². The Hall–Kier alpha value is -1.34. The quantitative estimate of drug-likeness (QED) is 0.508. The monoisotopic (exact) mass is 483 g/mol. The van der Waals surface area contributed by atoms with Gasteiger partial charge in [-0.25, -0.2) is 0 Å². The number of benzene rings is 1. The molecule has 0 aliphatic heterocycles. The maximum absolute atomic E-state index is 14.1. The number of ether oxygens (including phenoxy) is 1. The molecule has 0 bridgehead atoms. The van der Waals surface area contributed by atoms with Crippen molar-refractivity contribution >= 4 is 15.1 Å². The van der Waals surface area contributed by atoms with Gasteiger partial charge >= 0.3 is 128 Å². The molecule has 6 nitrogen and oxygen atoms in total. The van der Waals surface area contributed by atoms with Crippen LogP contribution in [-0.2, 0) is 11.2 Å². The zero-order valence-electron chi connectivity index (χ0n) is 10.2. The van der Waals surface area contributed by atoms with Gasteiger partial charge < -0.3 is 0 Å². The molecule has 1 atom stereocenters. The summed E-state index contributed by atoms with van der Waals surface area (Å²) in [6, 6.07) is -1.45. The summed E-state index contributed by atoms with van der Waals surface area (Å²) in [5, 5.41) is 8.75. The number of hydrogen-bond donors (Lipinski definition) is 3. The Bertz CT molecular complexity index is 580. The summed E-state index contributed by atoms with van der Waals surface area (Å²) >= 11 is 0.754. The third kappa shape index (κ3) is 3.04. The number of nitrogens with two attached hydrogens (primary N) is 2. The molecule has 1 unspecified atom stereocenters. The summed E-state index contributed by atoms with van der Waals surface area (Å²) < 4.78 is 32.4. The van der Waals surface area contributed by atoms with E-state index < -0.39 is 47.3 Å². The SMILES string of the molecule is COc1c(F)c([At])c(C(N)=O)c(CC(N)C(=O)O)c1F. The third-order valence-corrected chi connectivity index (χ3v) is 3.95. The molecule has 1 aromatic carbocycles. The number of carboxylic acids is 1. The van der Waals surface area contributed by atoms with E-state index in [0.717, 1.165) is 31.8 Å². The number of carbonyl (C=O) groups excluding carboxylic acids is 1. The Labute approximate surface area is 127 Å². The van der Waals surface area contributed by atoms with Gasteiger partial charge in [0.25, 0.3) is 0 Å². The van der Waals surface area contributed by atoms with E-state index in [2.05, 4.69) is 4.74 Å². The van der Waals surface area contributed by atoms with E-state index in [4.69, 9.17) is 16.6 Å². The molecule has 1 amide bonds. The van der Waals surface area contributed by atoms with Crippen LogP contribution in [0.1, 0.15) is 15.9 Å². The fourth-order valence-corrected chi connectivity index (χ4v) is 2.76. The second-order valence-electron chi connectivity index (χ2n) is 3.84. The minimum absolute atomic E-state index is 0.164. The van der Waals surface area contributed by atoms with Crippen molar-refractivity contribution in [3.8, 4) is 5.75 Å². The van der Waals surface area contributed by atoms with E-state index in [1.165, 1.54) is 0 Å². The average Bonchev–Trinajstić information content (AvgIpc) is 2.35. The van der Waals surface area contributed by atoms with Crippen LogP contribution in [0.25, 0.3) is 0 Å². The molecular formula is C11H11AtF2N2O4. The normalized spacial score (nSPS) is 12.1. The third-order valence-electron chi connectivity index (χ3n) is 2.57. The molecule has 0 radical (unpaired) electrons. The Balaban J connectivity index is 3.58. The first-order chi connectivity index (χ1) is 9.22. The first-order valence-corrected chi connectivity index (χ1v) is 6.70. The molecule has 0 heterocycles.